The molecule has 27 heavy (non-hydrogen) atoms. The lowest BCUT2D eigenvalue weighted by molar-refractivity contribution is -0.138. The van der Waals surface area contributed by atoms with Gasteiger partial charge in [0.1, 0.15) is 5.41 Å². The highest BCUT2D eigenvalue weighted by molar-refractivity contribution is 6.30. The standard InChI is InChI=1S/C20H21ClN2O4/c1-12-8-14(21)5-6-15(12)23-19(25)20(2,3)18(24)22-10-13-4-7-16-17(9-13)27-11-26-16/h4-9H,10-11H2,1-3H3,(H,22,24)(H,23,25). The summed E-state index contributed by atoms with van der Waals surface area (Å²) >= 11 is 5.93. The van der Waals surface area contributed by atoms with E-state index in [4.69, 9.17) is 21.1 Å². The summed E-state index contributed by atoms with van der Waals surface area (Å²) in [7, 11) is 0. The maximum atomic E-state index is 12.6. The SMILES string of the molecule is Cc1cc(Cl)ccc1NC(=O)C(C)(C)C(=O)NCc1ccc2c(c1)OCO2. The highest BCUT2D eigenvalue weighted by atomic mass is 35.5. The molecule has 0 saturated heterocycles. The van der Waals surface area contributed by atoms with Crippen LogP contribution >= 0.6 is 11.6 Å². The van der Waals surface area contributed by atoms with Crippen LogP contribution in [0.4, 0.5) is 5.69 Å². The smallest absolute Gasteiger partial charge is 0.239 e. The van der Waals surface area contributed by atoms with Gasteiger partial charge in [0.15, 0.2) is 11.5 Å². The minimum atomic E-state index is -1.25. The average molecular weight is 389 g/mol. The topological polar surface area (TPSA) is 76.7 Å². The lowest BCUT2D eigenvalue weighted by Crippen LogP contribution is -2.45. The van der Waals surface area contributed by atoms with Gasteiger partial charge in [-0.3, -0.25) is 9.59 Å². The largest absolute Gasteiger partial charge is 0.454 e. The first-order valence-electron chi connectivity index (χ1n) is 8.52. The molecule has 2 amide bonds. The fourth-order valence-corrected chi connectivity index (χ4v) is 2.83. The van der Waals surface area contributed by atoms with Crippen molar-refractivity contribution in [1.82, 2.24) is 5.32 Å². The number of carbonyl (C=O) groups excluding carboxylic acids is 2. The Kier molecular flexibility index (Phi) is 5.28. The Morgan fingerprint density at radius 3 is 2.56 bits per heavy atom. The second-order valence-corrected chi connectivity index (χ2v) is 7.35. The first-order chi connectivity index (χ1) is 12.8. The highest BCUT2D eigenvalue weighted by Crippen LogP contribution is 2.32. The third-order valence-corrected chi connectivity index (χ3v) is 4.70. The van der Waals surface area contributed by atoms with E-state index in [-0.39, 0.29) is 19.2 Å². The highest BCUT2D eigenvalue weighted by Gasteiger charge is 2.36. The Balaban J connectivity index is 1.62. The quantitative estimate of drug-likeness (QED) is 0.766. The molecule has 0 saturated carbocycles. The number of ether oxygens (including phenoxy) is 2. The summed E-state index contributed by atoms with van der Waals surface area (Å²) in [5, 5.41) is 6.19. The Bertz CT molecular complexity index is 896. The van der Waals surface area contributed by atoms with E-state index in [2.05, 4.69) is 10.6 Å². The number of anilines is 1. The van der Waals surface area contributed by atoms with Gasteiger partial charge in [0.25, 0.3) is 0 Å². The molecule has 0 unspecified atom stereocenters. The first-order valence-corrected chi connectivity index (χ1v) is 8.89. The summed E-state index contributed by atoms with van der Waals surface area (Å²) in [5.41, 5.74) is 1.06. The number of carbonyl (C=O) groups is 2. The van der Waals surface area contributed by atoms with Gasteiger partial charge in [-0.15, -0.1) is 0 Å². The maximum Gasteiger partial charge on any atom is 0.239 e. The van der Waals surface area contributed by atoms with Gasteiger partial charge in [-0.05, 0) is 62.2 Å². The molecule has 0 aromatic heterocycles. The van der Waals surface area contributed by atoms with Gasteiger partial charge in [-0.25, -0.2) is 0 Å². The number of halogens is 1. The summed E-state index contributed by atoms with van der Waals surface area (Å²) in [6.07, 6.45) is 0. The molecule has 2 N–H and O–H groups in total. The van der Waals surface area contributed by atoms with Crippen LogP contribution in [0.5, 0.6) is 11.5 Å². The summed E-state index contributed by atoms with van der Waals surface area (Å²) < 4.78 is 10.6. The maximum absolute atomic E-state index is 12.6. The molecule has 0 bridgehead atoms. The summed E-state index contributed by atoms with van der Waals surface area (Å²) in [6, 6.07) is 10.6. The molecule has 2 aromatic rings. The molecular weight excluding hydrogens is 368 g/mol. The van der Waals surface area contributed by atoms with Crippen LogP contribution in [0.3, 0.4) is 0 Å². The number of amides is 2. The molecule has 1 heterocycles. The number of hydrogen-bond acceptors (Lipinski definition) is 4. The summed E-state index contributed by atoms with van der Waals surface area (Å²) in [4.78, 5) is 25.2. The molecule has 7 heteroatoms. The van der Waals surface area contributed by atoms with Crippen molar-refractivity contribution < 1.29 is 19.1 Å². The average Bonchev–Trinajstić information content (AvgIpc) is 3.09. The zero-order valence-electron chi connectivity index (χ0n) is 15.4. The fourth-order valence-electron chi connectivity index (χ4n) is 2.60. The Hall–Kier alpha value is -2.73. The van der Waals surface area contributed by atoms with Gasteiger partial charge in [0.05, 0.1) is 0 Å². The first kappa shape index (κ1) is 19.0. The predicted octanol–water partition coefficient (Wildman–Crippen LogP) is 3.66. The van der Waals surface area contributed by atoms with Crippen molar-refractivity contribution >= 4 is 29.1 Å². The van der Waals surface area contributed by atoms with Crippen molar-refractivity contribution in [2.24, 2.45) is 5.41 Å². The molecule has 0 aliphatic carbocycles. The van der Waals surface area contributed by atoms with Gasteiger partial charge in [0, 0.05) is 17.3 Å². The number of nitrogens with one attached hydrogen (secondary N) is 2. The van der Waals surface area contributed by atoms with Gasteiger partial charge < -0.3 is 20.1 Å². The summed E-state index contributed by atoms with van der Waals surface area (Å²) in [6.45, 7) is 5.49. The minimum Gasteiger partial charge on any atom is -0.454 e. The Labute approximate surface area is 162 Å². The monoisotopic (exact) mass is 388 g/mol. The number of aryl methyl sites for hydroxylation is 1. The Morgan fingerprint density at radius 2 is 1.81 bits per heavy atom. The van der Waals surface area contributed by atoms with Crippen LogP contribution < -0.4 is 20.1 Å². The second-order valence-electron chi connectivity index (χ2n) is 6.91. The van der Waals surface area contributed by atoms with E-state index in [9.17, 15) is 9.59 Å². The third-order valence-electron chi connectivity index (χ3n) is 4.46. The Morgan fingerprint density at radius 1 is 1.07 bits per heavy atom. The lowest BCUT2D eigenvalue weighted by atomic mass is 9.90. The number of benzene rings is 2. The van der Waals surface area contributed by atoms with E-state index in [1.807, 2.05) is 19.1 Å². The number of hydrogen-bond donors (Lipinski definition) is 2. The molecule has 142 valence electrons. The van der Waals surface area contributed by atoms with E-state index in [0.29, 0.717) is 22.2 Å². The van der Waals surface area contributed by atoms with Crippen molar-refractivity contribution in [2.45, 2.75) is 27.3 Å². The predicted molar refractivity (Wildman–Crippen MR) is 103 cm³/mol. The molecule has 0 fully saturated rings. The molecule has 3 rings (SSSR count). The molecule has 0 radical (unpaired) electrons. The van der Waals surface area contributed by atoms with Crippen molar-refractivity contribution in [3.05, 3.63) is 52.5 Å². The van der Waals surface area contributed by atoms with Crippen LogP contribution in [0.15, 0.2) is 36.4 Å². The number of fused-ring (bicyclic) bond motifs is 1. The normalized spacial score (nSPS) is 12.6. The summed E-state index contributed by atoms with van der Waals surface area (Å²) in [5.74, 6) is 0.570. The van der Waals surface area contributed by atoms with Crippen LogP contribution in [0.2, 0.25) is 5.02 Å². The van der Waals surface area contributed by atoms with Crippen molar-refractivity contribution in [3.8, 4) is 11.5 Å². The van der Waals surface area contributed by atoms with Crippen molar-refractivity contribution in [3.63, 3.8) is 0 Å². The molecule has 0 atom stereocenters. The van der Waals surface area contributed by atoms with Crippen LogP contribution in [-0.4, -0.2) is 18.6 Å². The van der Waals surface area contributed by atoms with E-state index in [1.54, 1.807) is 38.1 Å². The van der Waals surface area contributed by atoms with Crippen LogP contribution in [0.1, 0.15) is 25.0 Å². The molecule has 1 aliphatic heterocycles. The van der Waals surface area contributed by atoms with Gasteiger partial charge in [-0.2, -0.15) is 0 Å². The zero-order chi connectivity index (χ0) is 19.6. The molecule has 0 spiro atoms. The van der Waals surface area contributed by atoms with E-state index >= 15 is 0 Å². The van der Waals surface area contributed by atoms with Gasteiger partial charge >= 0.3 is 0 Å². The van der Waals surface area contributed by atoms with Crippen LogP contribution in [-0.2, 0) is 16.1 Å². The van der Waals surface area contributed by atoms with Crippen LogP contribution in [0.25, 0.3) is 0 Å². The molecule has 2 aromatic carbocycles. The van der Waals surface area contributed by atoms with Crippen molar-refractivity contribution in [1.29, 1.82) is 0 Å². The molecule has 6 nitrogen and oxygen atoms in total. The molecular formula is C20H21ClN2O4. The van der Waals surface area contributed by atoms with E-state index in [0.717, 1.165) is 11.1 Å². The second kappa shape index (κ2) is 7.48. The third kappa shape index (κ3) is 4.17. The van der Waals surface area contributed by atoms with Gasteiger partial charge in [0.2, 0.25) is 18.6 Å². The van der Waals surface area contributed by atoms with Crippen molar-refractivity contribution in [2.75, 3.05) is 12.1 Å². The lowest BCUT2D eigenvalue weighted by Gasteiger charge is -2.23. The fraction of sp³-hybridized carbons (Fsp3) is 0.300. The van der Waals surface area contributed by atoms with E-state index in [1.165, 1.54) is 0 Å². The molecule has 1 aliphatic rings. The van der Waals surface area contributed by atoms with E-state index < -0.39 is 11.3 Å². The number of rotatable bonds is 5. The zero-order valence-corrected chi connectivity index (χ0v) is 16.1. The van der Waals surface area contributed by atoms with Gasteiger partial charge in [-0.1, -0.05) is 17.7 Å². The minimum absolute atomic E-state index is 0.197. The van der Waals surface area contributed by atoms with Crippen LogP contribution in [0, 0.1) is 12.3 Å².